The second-order valence-electron chi connectivity index (χ2n) is 18.7. The molecule has 5 aliphatic rings. The highest BCUT2D eigenvalue weighted by Crippen LogP contribution is 2.77. The van der Waals surface area contributed by atoms with Gasteiger partial charge in [0.2, 0.25) is 0 Å². The highest BCUT2D eigenvalue weighted by atomic mass is 16.5. The third-order valence-corrected chi connectivity index (χ3v) is 16.2. The topological polar surface area (TPSA) is 113 Å². The van der Waals surface area contributed by atoms with Gasteiger partial charge >= 0.3 is 11.9 Å². The predicted octanol–water partition coefficient (Wildman–Crippen LogP) is 7.62. The van der Waals surface area contributed by atoms with Crippen molar-refractivity contribution in [1.82, 2.24) is 4.57 Å². The monoisotopic (exact) mass is 716 g/mol. The number of nitrogens with two attached hydrogens (primary N) is 1. The second-order valence-corrected chi connectivity index (χ2v) is 18.7. The van der Waals surface area contributed by atoms with Crippen LogP contribution in [0.2, 0.25) is 0 Å². The molecule has 8 heteroatoms. The first-order chi connectivity index (χ1) is 24.6. The van der Waals surface area contributed by atoms with E-state index >= 15 is 0 Å². The first kappa shape index (κ1) is 37.6. The second kappa shape index (κ2) is 13.3. The first-order valence-electron chi connectivity index (χ1n) is 20.1. The van der Waals surface area contributed by atoms with Gasteiger partial charge in [0.1, 0.15) is 0 Å². The average Bonchev–Trinajstić information content (AvgIpc) is 3.72. The van der Waals surface area contributed by atoms with E-state index in [1.165, 1.54) is 23.6 Å². The van der Waals surface area contributed by atoms with Crippen LogP contribution in [0, 0.1) is 51.2 Å². The van der Waals surface area contributed by atoms with E-state index in [9.17, 15) is 14.7 Å². The van der Waals surface area contributed by atoms with E-state index in [-0.39, 0.29) is 64.9 Å². The molecule has 1 saturated heterocycles. The van der Waals surface area contributed by atoms with Crippen LogP contribution in [0.15, 0.2) is 42.6 Å². The molecule has 0 spiro atoms. The zero-order valence-corrected chi connectivity index (χ0v) is 32.8. The van der Waals surface area contributed by atoms with Crippen LogP contribution in [0.5, 0.6) is 0 Å². The molecule has 8 nitrogen and oxygen atoms in total. The van der Waals surface area contributed by atoms with Gasteiger partial charge in [-0.2, -0.15) is 0 Å². The molecule has 2 unspecified atom stereocenters. The highest BCUT2D eigenvalue weighted by Gasteiger charge is 2.76. The summed E-state index contributed by atoms with van der Waals surface area (Å²) in [4.78, 5) is 27.3. The molecular weight excluding hydrogens is 652 g/mol. The van der Waals surface area contributed by atoms with Crippen LogP contribution >= 0.6 is 0 Å². The van der Waals surface area contributed by atoms with Crippen LogP contribution in [-0.4, -0.2) is 59.7 Å². The highest BCUT2D eigenvalue weighted by molar-refractivity contribution is 5.84. The molecule has 2 heterocycles. The molecule has 286 valence electrons. The third-order valence-electron chi connectivity index (χ3n) is 16.2. The Hall–Kier alpha value is -2.68. The Morgan fingerprint density at radius 2 is 1.81 bits per heavy atom. The molecule has 2 aromatic rings. The van der Waals surface area contributed by atoms with Crippen molar-refractivity contribution < 1.29 is 28.9 Å². The molecule has 52 heavy (non-hydrogen) atoms. The zero-order valence-electron chi connectivity index (χ0n) is 32.8. The maximum absolute atomic E-state index is 14.6. The Balaban J connectivity index is 1.15. The number of methoxy groups -OCH3 is 1. The zero-order chi connectivity index (χ0) is 37.4. The van der Waals surface area contributed by atoms with Gasteiger partial charge in [-0.3, -0.25) is 9.59 Å². The van der Waals surface area contributed by atoms with Gasteiger partial charge in [-0.25, -0.2) is 0 Å². The number of aromatic nitrogens is 1. The van der Waals surface area contributed by atoms with E-state index in [0.717, 1.165) is 63.5 Å². The number of allylic oxidation sites excluding steroid dienone is 1. The standard InChI is InChI=1S/C44H64N2O6/c1-27(2)29-14-18-44(39(49)51-23-11-22-46-26-28(16-21-45)30-12-9-10-13-32(30)46)20-19-41(5)31(37(29)44)24-33(47)38-42(41,6)17-15-34-40(3,4)52-35(43(34,38)7)25-36(48)50-8/h9-10,12-13,26,29,31,33-35,37-38,47H,1,11,14-25,45H2,2-8H3/t29-,31+,33+,34?,35?,37+,38-,41+,42+,43+,44-/m0/s1. The molecule has 3 N–H and O–H groups in total. The summed E-state index contributed by atoms with van der Waals surface area (Å²) in [5, 5.41) is 13.8. The third kappa shape index (κ3) is 5.38. The van der Waals surface area contributed by atoms with E-state index < -0.39 is 22.5 Å². The van der Waals surface area contributed by atoms with Gasteiger partial charge in [0, 0.05) is 29.1 Å². The molecule has 4 aliphatic carbocycles. The lowest BCUT2D eigenvalue weighted by molar-refractivity contribution is -0.255. The van der Waals surface area contributed by atoms with Crippen molar-refractivity contribution >= 4 is 22.8 Å². The van der Waals surface area contributed by atoms with Gasteiger partial charge in [0.15, 0.2) is 0 Å². The summed E-state index contributed by atoms with van der Waals surface area (Å²) in [7, 11) is 1.44. The maximum atomic E-state index is 14.6. The minimum Gasteiger partial charge on any atom is -0.469 e. The van der Waals surface area contributed by atoms with Crippen molar-refractivity contribution in [2.24, 2.45) is 57.0 Å². The van der Waals surface area contributed by atoms with E-state index in [4.69, 9.17) is 19.9 Å². The molecule has 0 bridgehead atoms. The van der Waals surface area contributed by atoms with E-state index in [1.807, 2.05) is 0 Å². The number of aryl methyl sites for hydroxylation is 1. The molecule has 7 rings (SSSR count). The number of hydrogen-bond donors (Lipinski definition) is 2. The number of esters is 2. The normalized spacial score (nSPS) is 40.4. The predicted molar refractivity (Wildman–Crippen MR) is 203 cm³/mol. The van der Waals surface area contributed by atoms with Crippen molar-refractivity contribution in [1.29, 1.82) is 0 Å². The lowest BCUT2D eigenvalue weighted by atomic mass is 9.33. The number of carbonyl (C=O) groups excluding carboxylic acids is 2. The Morgan fingerprint density at radius 3 is 2.52 bits per heavy atom. The first-order valence-corrected chi connectivity index (χ1v) is 20.1. The van der Waals surface area contributed by atoms with Gasteiger partial charge in [0.25, 0.3) is 0 Å². The Morgan fingerprint density at radius 1 is 1.06 bits per heavy atom. The smallest absolute Gasteiger partial charge is 0.312 e. The van der Waals surface area contributed by atoms with Gasteiger partial charge in [-0.15, -0.1) is 0 Å². The number of aliphatic hydroxyl groups is 1. The van der Waals surface area contributed by atoms with Gasteiger partial charge in [-0.1, -0.05) is 51.1 Å². The van der Waals surface area contributed by atoms with E-state index in [1.54, 1.807) is 0 Å². The van der Waals surface area contributed by atoms with Crippen LogP contribution in [0.4, 0.5) is 0 Å². The molecular formula is C44H64N2O6. The van der Waals surface area contributed by atoms with Gasteiger partial charge in [0.05, 0.1) is 43.4 Å². The number of hydrogen-bond acceptors (Lipinski definition) is 7. The summed E-state index contributed by atoms with van der Waals surface area (Å²) >= 11 is 0. The summed E-state index contributed by atoms with van der Waals surface area (Å²) in [5.41, 5.74) is 7.80. The van der Waals surface area contributed by atoms with Crippen molar-refractivity contribution in [2.75, 3.05) is 20.3 Å². The number of rotatable bonds is 10. The van der Waals surface area contributed by atoms with Crippen LogP contribution in [-0.2, 0) is 36.8 Å². The number of benzene rings is 1. The number of para-hydroxylation sites is 1. The van der Waals surface area contributed by atoms with Gasteiger partial charge < -0.3 is 29.6 Å². The molecule has 0 amide bonds. The molecule has 4 saturated carbocycles. The summed E-state index contributed by atoms with van der Waals surface area (Å²) in [6.45, 7) is 19.9. The molecule has 11 atom stereocenters. The molecule has 1 aliphatic heterocycles. The number of aliphatic hydroxyl groups excluding tert-OH is 1. The van der Waals surface area contributed by atoms with Crippen molar-refractivity contribution in [3.8, 4) is 0 Å². The lowest BCUT2D eigenvalue weighted by Gasteiger charge is -2.71. The Kier molecular flexibility index (Phi) is 9.60. The quantitative estimate of drug-likeness (QED) is 0.148. The van der Waals surface area contributed by atoms with Crippen LogP contribution in [0.1, 0.15) is 105 Å². The SMILES string of the molecule is C=C(C)[C@@H]1CC[C@]2(C(=O)OCCCn3cc(CCN)c4ccccc43)CC[C@]3(C)[C@H](C[C@@H](O)[C@@H]4[C@@]5(C)C(CC(=O)OC)OC(C)(C)C5CC[C@]43C)[C@@H]12. The molecule has 5 fully saturated rings. The van der Waals surface area contributed by atoms with Crippen LogP contribution in [0.25, 0.3) is 10.9 Å². The largest absolute Gasteiger partial charge is 0.469 e. The molecule has 0 radical (unpaired) electrons. The maximum Gasteiger partial charge on any atom is 0.312 e. The van der Waals surface area contributed by atoms with Crippen molar-refractivity contribution in [3.05, 3.63) is 48.2 Å². The summed E-state index contributed by atoms with van der Waals surface area (Å²) < 4.78 is 20.5. The Labute approximate surface area is 311 Å². The van der Waals surface area contributed by atoms with Crippen molar-refractivity contribution in [2.45, 2.75) is 130 Å². The minimum atomic E-state index is -0.577. The fraction of sp³-hybridized carbons (Fsp3) is 0.727. The fourth-order valence-corrected chi connectivity index (χ4v) is 13.9. The average molecular weight is 717 g/mol. The van der Waals surface area contributed by atoms with E-state index in [2.05, 4.69) is 83.2 Å². The van der Waals surface area contributed by atoms with Crippen molar-refractivity contribution in [3.63, 3.8) is 0 Å². The number of fused-ring (bicyclic) bond motifs is 8. The number of ether oxygens (including phenoxy) is 3. The number of carbonyl (C=O) groups is 2. The Bertz CT molecular complexity index is 1710. The summed E-state index contributed by atoms with van der Waals surface area (Å²) in [6, 6.07) is 8.45. The summed E-state index contributed by atoms with van der Waals surface area (Å²) in [6.07, 6.45) is 9.13. The van der Waals surface area contributed by atoms with Gasteiger partial charge in [-0.05, 0) is 137 Å². The molecule has 1 aromatic heterocycles. The van der Waals surface area contributed by atoms with Crippen LogP contribution < -0.4 is 5.73 Å². The minimum absolute atomic E-state index is 0.0456. The van der Waals surface area contributed by atoms with E-state index in [0.29, 0.717) is 19.6 Å². The fourth-order valence-electron chi connectivity index (χ4n) is 13.9. The number of nitrogens with zero attached hydrogens (tertiary/aromatic N) is 1. The lowest BCUT2D eigenvalue weighted by Crippen LogP contribution is -2.69. The van der Waals surface area contributed by atoms with Crippen LogP contribution in [0.3, 0.4) is 0 Å². The summed E-state index contributed by atoms with van der Waals surface area (Å²) in [5.74, 6) is 0.288. The molecule has 1 aromatic carbocycles.